The Balaban J connectivity index is 1.35. The molecule has 9 aromatic rings. The maximum atomic E-state index is 5.32. The lowest BCUT2D eigenvalue weighted by molar-refractivity contribution is 1.02. The highest BCUT2D eigenvalue weighted by Gasteiger charge is 2.20. The lowest BCUT2D eigenvalue weighted by Gasteiger charge is -2.12. The van der Waals surface area contributed by atoms with Crippen LogP contribution in [0, 0.1) is 0 Å². The molecule has 0 atom stereocenters. The molecule has 9 rings (SSSR count). The molecule has 0 aliphatic carbocycles. The minimum absolute atomic E-state index is 0.667. The van der Waals surface area contributed by atoms with E-state index in [0.29, 0.717) is 5.95 Å². The van der Waals surface area contributed by atoms with Crippen molar-refractivity contribution < 1.29 is 0 Å². The quantitative estimate of drug-likeness (QED) is 0.218. The predicted octanol–water partition coefficient (Wildman–Crippen LogP) is 9.82. The average Bonchev–Trinajstić information content (AvgIpc) is 3.61. The molecule has 0 amide bonds. The van der Waals surface area contributed by atoms with Gasteiger partial charge in [0.05, 0.1) is 26.9 Å². The van der Waals surface area contributed by atoms with Gasteiger partial charge in [-0.2, -0.15) is 0 Å². The van der Waals surface area contributed by atoms with Crippen molar-refractivity contribution in [1.82, 2.24) is 19.5 Å². The van der Waals surface area contributed by atoms with E-state index in [4.69, 9.17) is 9.97 Å². The van der Waals surface area contributed by atoms with Crippen LogP contribution in [-0.4, -0.2) is 19.5 Å². The molecule has 4 nitrogen and oxygen atoms in total. The summed E-state index contributed by atoms with van der Waals surface area (Å²) in [7, 11) is 0. The first-order valence-electron chi connectivity index (χ1n) is 14.0. The van der Waals surface area contributed by atoms with Gasteiger partial charge in [-0.15, -0.1) is 11.3 Å². The standard InChI is InChI=1S/C37H22N4S/c1-2-9-23(10-3-1)24-16-18-25(19-17-24)33-30-12-4-6-14-31(30)39-37(40-33)41-32-15-7-5-11-26(32)27-20-21-28-29-13-8-22-38-36(29)42-35(28)34(27)41/h1-22H. The number of pyridine rings is 1. The Morgan fingerprint density at radius 2 is 1.19 bits per heavy atom. The third-order valence-corrected chi connectivity index (χ3v) is 9.24. The molecule has 42 heavy (non-hydrogen) atoms. The zero-order valence-electron chi connectivity index (χ0n) is 22.4. The molecular weight excluding hydrogens is 533 g/mol. The monoisotopic (exact) mass is 554 g/mol. The zero-order chi connectivity index (χ0) is 27.6. The first-order valence-corrected chi connectivity index (χ1v) is 14.8. The largest absolute Gasteiger partial charge is 0.276 e. The van der Waals surface area contributed by atoms with Gasteiger partial charge < -0.3 is 0 Å². The molecule has 5 aromatic carbocycles. The van der Waals surface area contributed by atoms with Crippen molar-refractivity contribution in [2.75, 3.05) is 0 Å². The summed E-state index contributed by atoms with van der Waals surface area (Å²) < 4.78 is 3.44. The fraction of sp³-hybridized carbons (Fsp3) is 0. The van der Waals surface area contributed by atoms with E-state index < -0.39 is 0 Å². The van der Waals surface area contributed by atoms with Crippen LogP contribution < -0.4 is 0 Å². The normalized spacial score (nSPS) is 11.8. The number of nitrogens with zero attached hydrogens (tertiary/aromatic N) is 4. The van der Waals surface area contributed by atoms with Crippen molar-refractivity contribution in [3.8, 4) is 28.3 Å². The number of hydrogen-bond donors (Lipinski definition) is 0. The highest BCUT2D eigenvalue weighted by Crippen LogP contribution is 2.42. The van der Waals surface area contributed by atoms with E-state index in [0.717, 1.165) is 38.0 Å². The van der Waals surface area contributed by atoms with Crippen molar-refractivity contribution in [2.45, 2.75) is 0 Å². The van der Waals surface area contributed by atoms with Crippen LogP contribution in [0.15, 0.2) is 134 Å². The predicted molar refractivity (Wildman–Crippen MR) is 175 cm³/mol. The molecule has 0 bridgehead atoms. The molecule has 196 valence electrons. The highest BCUT2D eigenvalue weighted by molar-refractivity contribution is 7.26. The molecule has 0 N–H and O–H groups in total. The van der Waals surface area contributed by atoms with Crippen molar-refractivity contribution in [2.24, 2.45) is 0 Å². The molecule has 0 unspecified atom stereocenters. The van der Waals surface area contributed by atoms with Gasteiger partial charge >= 0.3 is 0 Å². The lowest BCUT2D eigenvalue weighted by atomic mass is 10.0. The van der Waals surface area contributed by atoms with E-state index in [1.165, 1.54) is 37.4 Å². The molecule has 0 spiro atoms. The third kappa shape index (κ3) is 3.44. The SMILES string of the molecule is c1ccc(-c2ccc(-c3nc(-n4c5ccccc5c5ccc6c7cccnc7sc6c54)nc4ccccc34)cc2)cc1. The fourth-order valence-corrected chi connectivity index (χ4v) is 7.34. The van der Waals surface area contributed by atoms with E-state index in [9.17, 15) is 0 Å². The molecule has 0 aliphatic heterocycles. The average molecular weight is 555 g/mol. The second-order valence-electron chi connectivity index (χ2n) is 10.5. The Morgan fingerprint density at radius 1 is 0.500 bits per heavy atom. The van der Waals surface area contributed by atoms with E-state index in [-0.39, 0.29) is 0 Å². The second kappa shape index (κ2) is 9.06. The Labute approximate surface area is 245 Å². The Bertz CT molecular complexity index is 2460. The van der Waals surface area contributed by atoms with Gasteiger partial charge in [-0.25, -0.2) is 15.0 Å². The maximum absolute atomic E-state index is 5.32. The number of benzene rings is 5. The van der Waals surface area contributed by atoms with Gasteiger partial charge in [0.25, 0.3) is 0 Å². The van der Waals surface area contributed by atoms with Crippen LogP contribution in [0.5, 0.6) is 0 Å². The molecule has 4 aromatic heterocycles. The summed E-state index contributed by atoms with van der Waals surface area (Å²) in [6.07, 6.45) is 1.87. The maximum Gasteiger partial charge on any atom is 0.235 e. The summed E-state index contributed by atoms with van der Waals surface area (Å²) in [5.74, 6) is 0.667. The summed E-state index contributed by atoms with van der Waals surface area (Å²) >= 11 is 1.73. The third-order valence-electron chi connectivity index (χ3n) is 8.11. The number of para-hydroxylation sites is 2. The zero-order valence-corrected chi connectivity index (χ0v) is 23.2. The second-order valence-corrected chi connectivity index (χ2v) is 11.5. The summed E-state index contributed by atoms with van der Waals surface area (Å²) in [5, 5.41) is 5.79. The molecule has 4 heterocycles. The van der Waals surface area contributed by atoms with Crippen LogP contribution in [-0.2, 0) is 0 Å². The van der Waals surface area contributed by atoms with Crippen LogP contribution in [0.1, 0.15) is 0 Å². The summed E-state index contributed by atoms with van der Waals surface area (Å²) in [6.45, 7) is 0. The van der Waals surface area contributed by atoms with Crippen LogP contribution in [0.25, 0.3) is 81.3 Å². The highest BCUT2D eigenvalue weighted by atomic mass is 32.1. The van der Waals surface area contributed by atoms with E-state index >= 15 is 0 Å². The lowest BCUT2D eigenvalue weighted by Crippen LogP contribution is -2.03. The molecule has 0 fully saturated rings. The van der Waals surface area contributed by atoms with Gasteiger partial charge in [-0.3, -0.25) is 4.57 Å². The van der Waals surface area contributed by atoms with E-state index in [1.807, 2.05) is 24.4 Å². The van der Waals surface area contributed by atoms with Crippen LogP contribution in [0.2, 0.25) is 0 Å². The van der Waals surface area contributed by atoms with Crippen LogP contribution >= 0.6 is 11.3 Å². The van der Waals surface area contributed by atoms with Crippen LogP contribution in [0.4, 0.5) is 0 Å². The Hall–Kier alpha value is -5.39. The van der Waals surface area contributed by atoms with E-state index in [1.54, 1.807) is 11.3 Å². The summed E-state index contributed by atoms with van der Waals surface area (Å²) in [6, 6.07) is 44.6. The van der Waals surface area contributed by atoms with Crippen molar-refractivity contribution in [1.29, 1.82) is 0 Å². The molecule has 0 aliphatic rings. The fourth-order valence-electron chi connectivity index (χ4n) is 6.16. The Morgan fingerprint density at radius 3 is 2.07 bits per heavy atom. The van der Waals surface area contributed by atoms with Crippen molar-refractivity contribution in [3.63, 3.8) is 0 Å². The molecule has 0 saturated heterocycles. The molecule has 0 saturated carbocycles. The Kier molecular flexibility index (Phi) is 5.03. The van der Waals surface area contributed by atoms with Crippen molar-refractivity contribution in [3.05, 3.63) is 134 Å². The van der Waals surface area contributed by atoms with Crippen LogP contribution in [0.3, 0.4) is 0 Å². The van der Waals surface area contributed by atoms with Crippen molar-refractivity contribution >= 4 is 64.3 Å². The van der Waals surface area contributed by atoms with Gasteiger partial charge in [0.2, 0.25) is 5.95 Å². The van der Waals surface area contributed by atoms with Gasteiger partial charge in [-0.1, -0.05) is 103 Å². The number of fused-ring (bicyclic) bond motifs is 8. The molecular formula is C37H22N4S. The van der Waals surface area contributed by atoms with Gasteiger partial charge in [0, 0.05) is 38.7 Å². The van der Waals surface area contributed by atoms with Gasteiger partial charge in [0.1, 0.15) is 4.83 Å². The first-order chi connectivity index (χ1) is 20.8. The number of aromatic nitrogens is 4. The minimum Gasteiger partial charge on any atom is -0.276 e. The van der Waals surface area contributed by atoms with Gasteiger partial charge in [0.15, 0.2) is 0 Å². The van der Waals surface area contributed by atoms with E-state index in [2.05, 4.69) is 119 Å². The smallest absolute Gasteiger partial charge is 0.235 e. The molecule has 0 radical (unpaired) electrons. The molecule has 5 heteroatoms. The van der Waals surface area contributed by atoms with Gasteiger partial charge in [-0.05, 0) is 35.4 Å². The number of rotatable bonds is 3. The topological polar surface area (TPSA) is 43.6 Å². The first kappa shape index (κ1) is 23.3. The summed E-state index contributed by atoms with van der Waals surface area (Å²) in [4.78, 5) is 16.2. The summed E-state index contributed by atoms with van der Waals surface area (Å²) in [5.41, 5.74) is 7.49. The number of hydrogen-bond acceptors (Lipinski definition) is 4. The number of thiophene rings is 1. The minimum atomic E-state index is 0.667.